The first kappa shape index (κ1) is 17.8. The zero-order chi connectivity index (χ0) is 16.7. The van der Waals surface area contributed by atoms with Crippen LogP contribution in [0.4, 0.5) is 0 Å². The lowest BCUT2D eigenvalue weighted by Gasteiger charge is -2.28. The molecule has 0 aliphatic carbocycles. The fraction of sp³-hybridized carbons (Fsp3) is 0.316. The zero-order valence-electron chi connectivity index (χ0n) is 13.6. The maximum Gasteiger partial charge on any atom is 0.169 e. The Labute approximate surface area is 149 Å². The van der Waals surface area contributed by atoms with Gasteiger partial charge in [0.25, 0.3) is 0 Å². The largest absolute Gasteiger partial charge is 0.355 e. The SMILES string of the molecule is CCN(CC)C(=S)NC(Cc1ccc(Cl)cc1)c1ccccc1. The number of nitrogens with one attached hydrogen (secondary N) is 1. The van der Waals surface area contributed by atoms with Crippen molar-refractivity contribution in [3.8, 4) is 0 Å². The van der Waals surface area contributed by atoms with Gasteiger partial charge in [0.15, 0.2) is 5.11 Å². The first-order valence-corrected chi connectivity index (χ1v) is 8.77. The summed E-state index contributed by atoms with van der Waals surface area (Å²) in [4.78, 5) is 2.16. The highest BCUT2D eigenvalue weighted by molar-refractivity contribution is 7.80. The number of nitrogens with zero attached hydrogens (tertiary/aromatic N) is 1. The van der Waals surface area contributed by atoms with Gasteiger partial charge in [0.2, 0.25) is 0 Å². The molecular formula is C19H23ClN2S. The monoisotopic (exact) mass is 346 g/mol. The molecule has 0 spiro atoms. The van der Waals surface area contributed by atoms with E-state index in [4.69, 9.17) is 23.8 Å². The van der Waals surface area contributed by atoms with Crippen molar-refractivity contribution in [1.82, 2.24) is 10.2 Å². The van der Waals surface area contributed by atoms with Crippen LogP contribution in [0.5, 0.6) is 0 Å². The zero-order valence-corrected chi connectivity index (χ0v) is 15.2. The van der Waals surface area contributed by atoms with Crippen LogP contribution in [0.15, 0.2) is 54.6 Å². The summed E-state index contributed by atoms with van der Waals surface area (Å²) in [6.45, 7) is 6.05. The first-order valence-electron chi connectivity index (χ1n) is 7.98. The molecular weight excluding hydrogens is 324 g/mol. The Morgan fingerprint density at radius 1 is 1.04 bits per heavy atom. The maximum absolute atomic E-state index is 5.99. The second kappa shape index (κ2) is 8.90. The molecule has 0 bridgehead atoms. The highest BCUT2D eigenvalue weighted by Crippen LogP contribution is 2.20. The molecule has 0 aromatic heterocycles. The van der Waals surface area contributed by atoms with Gasteiger partial charge in [0, 0.05) is 18.1 Å². The van der Waals surface area contributed by atoms with Gasteiger partial charge < -0.3 is 10.2 Å². The number of halogens is 1. The van der Waals surface area contributed by atoms with Crippen LogP contribution in [0.1, 0.15) is 31.0 Å². The Balaban J connectivity index is 2.18. The van der Waals surface area contributed by atoms with Gasteiger partial charge in [0.1, 0.15) is 0 Å². The normalized spacial score (nSPS) is 11.8. The third-order valence-corrected chi connectivity index (χ3v) is 4.53. The van der Waals surface area contributed by atoms with Crippen molar-refractivity contribution in [2.75, 3.05) is 13.1 Å². The number of hydrogen-bond donors (Lipinski definition) is 1. The number of thiocarbonyl (C=S) groups is 1. The summed E-state index contributed by atoms with van der Waals surface area (Å²) in [6, 6.07) is 18.6. The van der Waals surface area contributed by atoms with Gasteiger partial charge in [0.05, 0.1) is 6.04 Å². The molecule has 2 rings (SSSR count). The molecule has 0 fully saturated rings. The molecule has 2 nitrogen and oxygen atoms in total. The van der Waals surface area contributed by atoms with Crippen molar-refractivity contribution in [2.24, 2.45) is 0 Å². The molecule has 0 aliphatic heterocycles. The molecule has 0 saturated heterocycles. The summed E-state index contributed by atoms with van der Waals surface area (Å²) in [5.41, 5.74) is 2.47. The average Bonchev–Trinajstić information content (AvgIpc) is 2.58. The molecule has 0 aliphatic rings. The van der Waals surface area contributed by atoms with Gasteiger partial charge in [-0.05, 0) is 55.7 Å². The van der Waals surface area contributed by atoms with Crippen LogP contribution in [0.25, 0.3) is 0 Å². The predicted octanol–water partition coefficient (Wildman–Crippen LogP) is 4.84. The van der Waals surface area contributed by atoms with Gasteiger partial charge in [-0.15, -0.1) is 0 Å². The van der Waals surface area contributed by atoms with E-state index in [-0.39, 0.29) is 6.04 Å². The minimum absolute atomic E-state index is 0.144. The van der Waals surface area contributed by atoms with E-state index in [0.29, 0.717) is 0 Å². The summed E-state index contributed by atoms with van der Waals surface area (Å²) in [5.74, 6) is 0. The smallest absolute Gasteiger partial charge is 0.169 e. The fourth-order valence-corrected chi connectivity index (χ4v) is 3.07. The lowest BCUT2D eigenvalue weighted by molar-refractivity contribution is 0.444. The Bertz CT molecular complexity index is 609. The highest BCUT2D eigenvalue weighted by Gasteiger charge is 2.15. The summed E-state index contributed by atoms with van der Waals surface area (Å²) in [7, 11) is 0. The van der Waals surface area contributed by atoms with Crippen LogP contribution in [-0.2, 0) is 6.42 Å². The van der Waals surface area contributed by atoms with E-state index in [9.17, 15) is 0 Å². The Hall–Kier alpha value is -1.58. The molecule has 2 aromatic carbocycles. The average molecular weight is 347 g/mol. The Morgan fingerprint density at radius 3 is 2.22 bits per heavy atom. The topological polar surface area (TPSA) is 15.3 Å². The molecule has 0 amide bonds. The number of benzene rings is 2. The molecule has 122 valence electrons. The van der Waals surface area contributed by atoms with Crippen molar-refractivity contribution in [1.29, 1.82) is 0 Å². The van der Waals surface area contributed by atoms with E-state index in [1.54, 1.807) is 0 Å². The first-order chi connectivity index (χ1) is 11.1. The minimum atomic E-state index is 0.144. The van der Waals surface area contributed by atoms with Crippen LogP contribution >= 0.6 is 23.8 Å². The molecule has 23 heavy (non-hydrogen) atoms. The van der Waals surface area contributed by atoms with Crippen molar-refractivity contribution in [2.45, 2.75) is 26.3 Å². The second-order valence-corrected chi connectivity index (χ2v) is 6.24. The lowest BCUT2D eigenvalue weighted by atomic mass is 9.99. The van der Waals surface area contributed by atoms with Gasteiger partial charge in [-0.2, -0.15) is 0 Å². The molecule has 0 radical (unpaired) electrons. The van der Waals surface area contributed by atoms with Gasteiger partial charge in [-0.1, -0.05) is 54.1 Å². The van der Waals surface area contributed by atoms with Crippen LogP contribution in [0.2, 0.25) is 5.02 Å². The van der Waals surface area contributed by atoms with Gasteiger partial charge >= 0.3 is 0 Å². The third kappa shape index (κ3) is 5.22. The standard InChI is InChI=1S/C19H23ClN2S/c1-3-22(4-2)19(23)21-18(16-8-6-5-7-9-16)14-15-10-12-17(20)13-11-15/h5-13,18H,3-4,14H2,1-2H3,(H,21,23). The molecule has 1 N–H and O–H groups in total. The van der Waals surface area contributed by atoms with E-state index < -0.39 is 0 Å². The van der Waals surface area contributed by atoms with Crippen molar-refractivity contribution in [3.05, 3.63) is 70.7 Å². The van der Waals surface area contributed by atoms with Crippen molar-refractivity contribution < 1.29 is 0 Å². The van der Waals surface area contributed by atoms with E-state index in [2.05, 4.69) is 60.5 Å². The molecule has 1 unspecified atom stereocenters. The van der Waals surface area contributed by atoms with Crippen LogP contribution < -0.4 is 5.32 Å². The minimum Gasteiger partial charge on any atom is -0.355 e. The molecule has 0 saturated carbocycles. The Kier molecular flexibility index (Phi) is 6.87. The number of hydrogen-bond acceptors (Lipinski definition) is 1. The third-order valence-electron chi connectivity index (χ3n) is 3.90. The van der Waals surface area contributed by atoms with E-state index >= 15 is 0 Å². The molecule has 2 aromatic rings. The van der Waals surface area contributed by atoms with E-state index in [1.807, 2.05) is 18.2 Å². The van der Waals surface area contributed by atoms with E-state index in [0.717, 1.165) is 29.6 Å². The highest BCUT2D eigenvalue weighted by atomic mass is 35.5. The quantitative estimate of drug-likeness (QED) is 0.753. The predicted molar refractivity (Wildman–Crippen MR) is 103 cm³/mol. The summed E-state index contributed by atoms with van der Waals surface area (Å²) >= 11 is 11.6. The van der Waals surface area contributed by atoms with Crippen LogP contribution in [0.3, 0.4) is 0 Å². The van der Waals surface area contributed by atoms with E-state index in [1.165, 1.54) is 11.1 Å². The van der Waals surface area contributed by atoms with Crippen LogP contribution in [-0.4, -0.2) is 23.1 Å². The van der Waals surface area contributed by atoms with Gasteiger partial charge in [-0.25, -0.2) is 0 Å². The summed E-state index contributed by atoms with van der Waals surface area (Å²) in [6.07, 6.45) is 0.864. The van der Waals surface area contributed by atoms with Crippen molar-refractivity contribution in [3.63, 3.8) is 0 Å². The molecule has 0 heterocycles. The maximum atomic E-state index is 5.99. The summed E-state index contributed by atoms with van der Waals surface area (Å²) in [5, 5.41) is 5.09. The lowest BCUT2D eigenvalue weighted by Crippen LogP contribution is -2.41. The summed E-state index contributed by atoms with van der Waals surface area (Å²) < 4.78 is 0. The van der Waals surface area contributed by atoms with Crippen molar-refractivity contribution >= 4 is 28.9 Å². The molecule has 1 atom stereocenters. The Morgan fingerprint density at radius 2 is 1.65 bits per heavy atom. The fourth-order valence-electron chi connectivity index (χ4n) is 2.54. The van der Waals surface area contributed by atoms with Crippen LogP contribution in [0, 0.1) is 0 Å². The molecule has 4 heteroatoms. The number of rotatable bonds is 6. The van der Waals surface area contributed by atoms with Gasteiger partial charge in [-0.3, -0.25) is 0 Å². The second-order valence-electron chi connectivity index (χ2n) is 5.42.